The van der Waals surface area contributed by atoms with Crippen molar-refractivity contribution in [3.8, 4) is 5.75 Å². The Hall–Kier alpha value is -2.17. The molecule has 3 heterocycles. The molecule has 10 heteroatoms. The predicted molar refractivity (Wildman–Crippen MR) is 97.9 cm³/mol. The fraction of sp³-hybridized carbons (Fsp3) is 0.474. The monoisotopic (exact) mass is 428 g/mol. The lowest BCUT2D eigenvalue weighted by molar-refractivity contribution is -0.153. The third-order valence-corrected chi connectivity index (χ3v) is 6.07. The number of fused-ring (bicyclic) bond motifs is 1. The minimum absolute atomic E-state index is 0.104. The Morgan fingerprint density at radius 3 is 2.97 bits per heavy atom. The van der Waals surface area contributed by atoms with Gasteiger partial charge in [-0.1, -0.05) is 0 Å². The van der Waals surface area contributed by atoms with Crippen LogP contribution in [0.25, 0.3) is 0 Å². The van der Waals surface area contributed by atoms with Crippen LogP contribution in [0.4, 0.5) is 13.2 Å². The molecule has 0 aliphatic carbocycles. The number of likely N-dealkylation sites (tertiary alicyclic amines) is 1. The van der Waals surface area contributed by atoms with Crippen LogP contribution in [0.2, 0.25) is 0 Å². The highest BCUT2D eigenvalue weighted by atomic mass is 32.1. The van der Waals surface area contributed by atoms with Crippen molar-refractivity contribution < 1.29 is 32.2 Å². The Labute approximate surface area is 169 Å². The summed E-state index contributed by atoms with van der Waals surface area (Å²) in [6.45, 7) is 1.20. The molecule has 2 aromatic rings. The van der Waals surface area contributed by atoms with Crippen LogP contribution in [0, 0.1) is 6.92 Å². The maximum absolute atomic E-state index is 13.0. The lowest BCUT2D eigenvalue weighted by atomic mass is 9.88. The zero-order valence-corrected chi connectivity index (χ0v) is 16.4. The maximum atomic E-state index is 13.0. The van der Waals surface area contributed by atoms with Crippen LogP contribution >= 0.6 is 11.3 Å². The maximum Gasteiger partial charge on any atom is 0.422 e. The fourth-order valence-electron chi connectivity index (χ4n) is 3.68. The molecule has 156 valence electrons. The Kier molecular flexibility index (Phi) is 5.26. The second-order valence-corrected chi connectivity index (χ2v) is 7.92. The van der Waals surface area contributed by atoms with Gasteiger partial charge in [-0.25, -0.2) is 4.98 Å². The van der Waals surface area contributed by atoms with E-state index in [-0.39, 0.29) is 24.6 Å². The van der Waals surface area contributed by atoms with Crippen LogP contribution in [-0.4, -0.2) is 54.6 Å². The largest absolute Gasteiger partial charge is 0.484 e. The second-order valence-electron chi connectivity index (χ2n) is 7.03. The molecular weight excluding hydrogens is 409 g/mol. The number of hydrogen-bond acceptors (Lipinski definition) is 6. The molecule has 0 saturated carbocycles. The molecule has 0 bridgehead atoms. The molecule has 2 atom stereocenters. The lowest BCUT2D eigenvalue weighted by Gasteiger charge is -2.40. The van der Waals surface area contributed by atoms with Gasteiger partial charge in [-0.05, 0) is 30.7 Å². The summed E-state index contributed by atoms with van der Waals surface area (Å²) in [5.74, 6) is -0.105. The first-order valence-electron chi connectivity index (χ1n) is 9.03. The highest BCUT2D eigenvalue weighted by Crippen LogP contribution is 2.43. The Morgan fingerprint density at radius 2 is 2.28 bits per heavy atom. The molecule has 2 aliphatic heterocycles. The fourth-order valence-corrected chi connectivity index (χ4v) is 4.55. The molecule has 2 fully saturated rings. The van der Waals surface area contributed by atoms with Crippen LogP contribution in [-0.2, 0) is 15.1 Å². The first-order valence-corrected chi connectivity index (χ1v) is 9.91. The van der Waals surface area contributed by atoms with E-state index in [9.17, 15) is 18.0 Å². The van der Waals surface area contributed by atoms with E-state index in [1.165, 1.54) is 23.5 Å². The summed E-state index contributed by atoms with van der Waals surface area (Å²) in [7, 11) is 0. The molecule has 0 spiro atoms. The number of aryl methyl sites for hydroxylation is 1. The van der Waals surface area contributed by atoms with Gasteiger partial charge in [-0.15, -0.1) is 11.3 Å². The third-order valence-electron chi connectivity index (χ3n) is 5.14. The number of alkyl halides is 3. The van der Waals surface area contributed by atoms with Crippen molar-refractivity contribution in [2.75, 3.05) is 26.5 Å². The van der Waals surface area contributed by atoms with E-state index in [2.05, 4.69) is 4.98 Å². The van der Waals surface area contributed by atoms with Crippen molar-refractivity contribution in [3.05, 3.63) is 45.9 Å². The van der Waals surface area contributed by atoms with Gasteiger partial charge in [0.1, 0.15) is 23.7 Å². The summed E-state index contributed by atoms with van der Waals surface area (Å²) in [5, 5.41) is 2.72. The molecule has 2 saturated heterocycles. The number of amides is 1. The highest BCUT2D eigenvalue weighted by molar-refractivity contribution is 7.09. The van der Waals surface area contributed by atoms with Gasteiger partial charge in [0.05, 0.1) is 6.54 Å². The number of rotatable bonds is 4. The minimum Gasteiger partial charge on any atom is -0.484 e. The Bertz CT molecular complexity index is 890. The SMILES string of the molecule is Cc1cc(C(=O)N2CC[C@]3(c4nccs4)OCOC3C2)ccc1OCC(F)(F)F. The zero-order valence-electron chi connectivity index (χ0n) is 15.6. The normalized spacial score (nSPS) is 24.4. The molecule has 2 aliphatic rings. The second kappa shape index (κ2) is 7.58. The number of hydrogen-bond donors (Lipinski definition) is 0. The highest BCUT2D eigenvalue weighted by Gasteiger charge is 2.52. The number of benzene rings is 1. The molecular formula is C19H19F3N2O4S. The van der Waals surface area contributed by atoms with Gasteiger partial charge in [0.2, 0.25) is 0 Å². The number of carbonyl (C=O) groups is 1. The molecule has 0 radical (unpaired) electrons. The quantitative estimate of drug-likeness (QED) is 0.746. The van der Waals surface area contributed by atoms with Crippen molar-refractivity contribution in [1.29, 1.82) is 0 Å². The summed E-state index contributed by atoms with van der Waals surface area (Å²) < 4.78 is 53.5. The number of thiazole rings is 1. The average molecular weight is 428 g/mol. The van der Waals surface area contributed by atoms with Gasteiger partial charge in [-0.3, -0.25) is 4.79 Å². The van der Waals surface area contributed by atoms with Gasteiger partial charge >= 0.3 is 6.18 Å². The summed E-state index contributed by atoms with van der Waals surface area (Å²) in [6, 6.07) is 4.42. The number of carbonyl (C=O) groups excluding carboxylic acids is 1. The zero-order chi connectivity index (χ0) is 20.6. The lowest BCUT2D eigenvalue weighted by Crippen LogP contribution is -2.53. The van der Waals surface area contributed by atoms with Crippen LogP contribution in [0.15, 0.2) is 29.8 Å². The van der Waals surface area contributed by atoms with Gasteiger partial charge in [0.15, 0.2) is 12.2 Å². The number of piperidine rings is 1. The van der Waals surface area contributed by atoms with E-state index in [0.29, 0.717) is 30.6 Å². The smallest absolute Gasteiger partial charge is 0.422 e. The molecule has 6 nitrogen and oxygen atoms in total. The number of aromatic nitrogens is 1. The van der Waals surface area contributed by atoms with Crippen molar-refractivity contribution in [3.63, 3.8) is 0 Å². The molecule has 1 unspecified atom stereocenters. The number of nitrogens with zero attached hydrogens (tertiary/aromatic N) is 2. The predicted octanol–water partition coefficient (Wildman–Crippen LogP) is 3.51. The summed E-state index contributed by atoms with van der Waals surface area (Å²) >= 11 is 1.50. The first-order chi connectivity index (χ1) is 13.8. The van der Waals surface area contributed by atoms with E-state index in [1.54, 1.807) is 24.1 Å². The van der Waals surface area contributed by atoms with Gasteiger partial charge < -0.3 is 19.1 Å². The Morgan fingerprint density at radius 1 is 1.45 bits per heavy atom. The molecule has 1 aromatic heterocycles. The van der Waals surface area contributed by atoms with Gasteiger partial charge in [0.25, 0.3) is 5.91 Å². The van der Waals surface area contributed by atoms with E-state index < -0.39 is 18.4 Å². The van der Waals surface area contributed by atoms with Gasteiger partial charge in [-0.2, -0.15) is 13.2 Å². The molecule has 1 amide bonds. The summed E-state index contributed by atoms with van der Waals surface area (Å²) in [4.78, 5) is 19.0. The van der Waals surface area contributed by atoms with Crippen molar-refractivity contribution >= 4 is 17.2 Å². The summed E-state index contributed by atoms with van der Waals surface area (Å²) in [6.07, 6.45) is -2.46. The molecule has 1 aromatic carbocycles. The Balaban J connectivity index is 1.46. The first kappa shape index (κ1) is 20.1. The molecule has 4 rings (SSSR count). The molecule has 29 heavy (non-hydrogen) atoms. The van der Waals surface area contributed by atoms with Crippen LogP contribution in [0.1, 0.15) is 27.3 Å². The average Bonchev–Trinajstić information content (AvgIpc) is 3.35. The topological polar surface area (TPSA) is 60.9 Å². The van der Waals surface area contributed by atoms with E-state index in [1.807, 2.05) is 5.38 Å². The van der Waals surface area contributed by atoms with Crippen LogP contribution in [0.5, 0.6) is 5.75 Å². The number of ether oxygens (including phenoxy) is 3. The number of halogens is 3. The van der Waals surface area contributed by atoms with E-state index in [4.69, 9.17) is 14.2 Å². The minimum atomic E-state index is -4.41. The summed E-state index contributed by atoms with van der Waals surface area (Å²) in [5.41, 5.74) is 0.230. The van der Waals surface area contributed by atoms with E-state index >= 15 is 0 Å². The third kappa shape index (κ3) is 3.96. The molecule has 0 N–H and O–H groups in total. The van der Waals surface area contributed by atoms with Crippen LogP contribution < -0.4 is 4.74 Å². The van der Waals surface area contributed by atoms with Crippen molar-refractivity contribution in [1.82, 2.24) is 9.88 Å². The van der Waals surface area contributed by atoms with Crippen molar-refractivity contribution in [2.45, 2.75) is 31.2 Å². The van der Waals surface area contributed by atoms with Crippen LogP contribution in [0.3, 0.4) is 0 Å². The standard InChI is InChI=1S/C19H19F3N2O4S/c1-12-8-13(2-3-14(12)26-10-19(20,21)22)16(25)24-6-4-18(17-23-5-7-29-17)15(9-24)27-11-28-18/h2-3,5,7-8,15H,4,6,9-11H2,1H3/t15?,18-/m0/s1. The van der Waals surface area contributed by atoms with Gasteiger partial charge in [0, 0.05) is 30.1 Å². The van der Waals surface area contributed by atoms with E-state index in [0.717, 1.165) is 5.01 Å². The van der Waals surface area contributed by atoms with Crippen molar-refractivity contribution in [2.24, 2.45) is 0 Å².